The molecule has 1 aliphatic heterocycles. The summed E-state index contributed by atoms with van der Waals surface area (Å²) in [6, 6.07) is 7.81. The normalized spacial score (nSPS) is 15.8. The number of piperidine rings is 1. The molecule has 8 nitrogen and oxygen atoms in total. The summed E-state index contributed by atoms with van der Waals surface area (Å²) in [5.74, 6) is -1.23. The molecule has 1 saturated heterocycles. The molecule has 2 aromatic rings. The van der Waals surface area contributed by atoms with Crippen molar-refractivity contribution in [2.75, 3.05) is 19.6 Å². The number of hydrogen-bond acceptors (Lipinski definition) is 5. The lowest BCUT2D eigenvalue weighted by Crippen LogP contribution is -2.46. The number of hydrogen-bond donors (Lipinski definition) is 2. The van der Waals surface area contributed by atoms with Crippen LogP contribution < -0.4 is 10.6 Å². The molecule has 172 valence electrons. The molecule has 0 unspecified atom stereocenters. The van der Waals surface area contributed by atoms with Crippen molar-refractivity contribution < 1.29 is 31.2 Å². The smallest absolute Gasteiger partial charge is 0.349 e. The Morgan fingerprint density at radius 2 is 1.69 bits per heavy atom. The van der Waals surface area contributed by atoms with Gasteiger partial charge in [-0.05, 0) is 49.2 Å². The van der Waals surface area contributed by atoms with Gasteiger partial charge < -0.3 is 10.6 Å². The average Bonchev–Trinajstić information content (AvgIpc) is 2.78. The van der Waals surface area contributed by atoms with E-state index in [4.69, 9.17) is 0 Å². The van der Waals surface area contributed by atoms with E-state index in [2.05, 4.69) is 10.3 Å². The molecule has 32 heavy (non-hydrogen) atoms. The third-order valence-corrected chi connectivity index (χ3v) is 6.83. The van der Waals surface area contributed by atoms with Gasteiger partial charge in [-0.1, -0.05) is 0 Å². The maximum absolute atomic E-state index is 12.9. The van der Waals surface area contributed by atoms with E-state index < -0.39 is 28.7 Å². The Kier molecular flexibility index (Phi) is 7.14. The molecule has 0 bridgehead atoms. The van der Waals surface area contributed by atoms with Gasteiger partial charge in [0.2, 0.25) is 10.0 Å². The Morgan fingerprint density at radius 3 is 2.25 bits per heavy atom. The first-order chi connectivity index (χ1) is 15.1. The molecule has 2 N–H and O–H groups in total. The van der Waals surface area contributed by atoms with Gasteiger partial charge in [0.1, 0.15) is 6.54 Å². The zero-order valence-corrected chi connectivity index (χ0v) is 17.6. The predicted octanol–water partition coefficient (Wildman–Crippen LogP) is 1.96. The van der Waals surface area contributed by atoms with Gasteiger partial charge in [-0.15, -0.1) is 0 Å². The minimum atomic E-state index is -4.54. The molecule has 1 aromatic carbocycles. The van der Waals surface area contributed by atoms with E-state index in [9.17, 15) is 31.2 Å². The van der Waals surface area contributed by atoms with Crippen LogP contribution in [0.15, 0.2) is 53.7 Å². The predicted molar refractivity (Wildman–Crippen MR) is 108 cm³/mol. The standard InChI is InChI=1S/C20H21F3N4O4S/c21-20(22,23)13-25-18(28)14-3-5-17(6-4-14)32(30,31)27-10-7-16(8-11-27)26-19(29)15-2-1-9-24-12-15/h1-6,9,12,16H,7-8,10-11,13H2,(H,25,28)(H,26,29). The summed E-state index contributed by atoms with van der Waals surface area (Å²) in [7, 11) is -3.85. The van der Waals surface area contributed by atoms with Crippen LogP contribution in [0, 0.1) is 0 Å². The van der Waals surface area contributed by atoms with Crippen LogP contribution in [0.5, 0.6) is 0 Å². The second-order valence-corrected chi connectivity index (χ2v) is 9.15. The first-order valence-electron chi connectivity index (χ1n) is 9.72. The van der Waals surface area contributed by atoms with Gasteiger partial charge in [0.05, 0.1) is 10.5 Å². The lowest BCUT2D eigenvalue weighted by Gasteiger charge is -2.31. The van der Waals surface area contributed by atoms with Gasteiger partial charge in [-0.25, -0.2) is 8.42 Å². The monoisotopic (exact) mass is 470 g/mol. The van der Waals surface area contributed by atoms with E-state index in [1.807, 2.05) is 0 Å². The zero-order chi connectivity index (χ0) is 23.4. The highest BCUT2D eigenvalue weighted by molar-refractivity contribution is 7.89. The number of carbonyl (C=O) groups is 2. The molecule has 1 aliphatic rings. The summed E-state index contributed by atoms with van der Waals surface area (Å²) in [6.07, 6.45) is -0.696. The van der Waals surface area contributed by atoms with Crippen molar-refractivity contribution in [2.24, 2.45) is 0 Å². The van der Waals surface area contributed by atoms with Gasteiger partial charge in [0.15, 0.2) is 0 Å². The minimum absolute atomic E-state index is 0.0669. The van der Waals surface area contributed by atoms with Crippen molar-refractivity contribution in [1.82, 2.24) is 19.9 Å². The molecule has 2 heterocycles. The minimum Gasteiger partial charge on any atom is -0.349 e. The number of sulfonamides is 1. The lowest BCUT2D eigenvalue weighted by atomic mass is 10.1. The number of nitrogens with one attached hydrogen (secondary N) is 2. The first-order valence-corrected chi connectivity index (χ1v) is 11.2. The van der Waals surface area contributed by atoms with E-state index >= 15 is 0 Å². The number of pyridine rings is 1. The maximum atomic E-state index is 12.9. The van der Waals surface area contributed by atoms with Crippen molar-refractivity contribution in [1.29, 1.82) is 0 Å². The van der Waals surface area contributed by atoms with Crippen LogP contribution in [-0.4, -0.2) is 61.4 Å². The van der Waals surface area contributed by atoms with E-state index in [1.54, 1.807) is 23.6 Å². The van der Waals surface area contributed by atoms with Crippen molar-refractivity contribution in [3.8, 4) is 0 Å². The largest absolute Gasteiger partial charge is 0.405 e. The third kappa shape index (κ3) is 6.04. The molecular formula is C20H21F3N4O4S. The summed E-state index contributed by atoms with van der Waals surface area (Å²) in [5.41, 5.74) is 0.340. The van der Waals surface area contributed by atoms with Gasteiger partial charge in [0, 0.05) is 37.1 Å². The van der Waals surface area contributed by atoms with Gasteiger partial charge in [-0.2, -0.15) is 17.5 Å². The fourth-order valence-corrected chi connectivity index (χ4v) is 4.69. The van der Waals surface area contributed by atoms with Crippen LogP contribution in [0.25, 0.3) is 0 Å². The fraction of sp³-hybridized carbons (Fsp3) is 0.350. The second-order valence-electron chi connectivity index (χ2n) is 7.22. The number of nitrogens with zero attached hydrogens (tertiary/aromatic N) is 2. The lowest BCUT2D eigenvalue weighted by molar-refractivity contribution is -0.123. The van der Waals surface area contributed by atoms with Crippen LogP contribution in [0.2, 0.25) is 0 Å². The highest BCUT2D eigenvalue weighted by atomic mass is 32.2. The summed E-state index contributed by atoms with van der Waals surface area (Å²) in [6.45, 7) is -1.10. The van der Waals surface area contributed by atoms with Gasteiger partial charge in [-0.3, -0.25) is 14.6 Å². The molecule has 0 saturated carbocycles. The molecule has 3 rings (SSSR count). The molecule has 0 spiro atoms. The molecule has 1 fully saturated rings. The van der Waals surface area contributed by atoms with E-state index in [0.29, 0.717) is 18.4 Å². The molecule has 1 aromatic heterocycles. The van der Waals surface area contributed by atoms with Crippen LogP contribution in [0.4, 0.5) is 13.2 Å². The highest BCUT2D eigenvalue weighted by Gasteiger charge is 2.31. The molecule has 12 heteroatoms. The number of halogens is 3. The summed E-state index contributed by atoms with van der Waals surface area (Å²) < 4.78 is 63.6. The Labute approximate surface area is 182 Å². The number of aromatic nitrogens is 1. The topological polar surface area (TPSA) is 108 Å². The van der Waals surface area contributed by atoms with Gasteiger partial charge in [0.25, 0.3) is 11.8 Å². The van der Waals surface area contributed by atoms with E-state index in [1.165, 1.54) is 34.8 Å². The zero-order valence-electron chi connectivity index (χ0n) is 16.8. The van der Waals surface area contributed by atoms with E-state index in [0.717, 1.165) is 0 Å². The Balaban J connectivity index is 1.57. The van der Waals surface area contributed by atoms with Crippen LogP contribution >= 0.6 is 0 Å². The molecule has 0 atom stereocenters. The first kappa shape index (κ1) is 23.7. The molecular weight excluding hydrogens is 449 g/mol. The van der Waals surface area contributed by atoms with Crippen LogP contribution in [0.1, 0.15) is 33.6 Å². The van der Waals surface area contributed by atoms with Crippen LogP contribution in [0.3, 0.4) is 0 Å². The quantitative estimate of drug-likeness (QED) is 0.671. The van der Waals surface area contributed by atoms with Crippen molar-refractivity contribution in [3.63, 3.8) is 0 Å². The number of alkyl halides is 3. The highest BCUT2D eigenvalue weighted by Crippen LogP contribution is 2.22. The van der Waals surface area contributed by atoms with E-state index in [-0.39, 0.29) is 35.5 Å². The number of carbonyl (C=O) groups excluding carboxylic acids is 2. The molecule has 2 amide bonds. The van der Waals surface area contributed by atoms with Crippen molar-refractivity contribution >= 4 is 21.8 Å². The summed E-state index contributed by atoms with van der Waals surface area (Å²) >= 11 is 0. The summed E-state index contributed by atoms with van der Waals surface area (Å²) in [4.78, 5) is 27.8. The molecule has 0 radical (unpaired) electrons. The number of amides is 2. The fourth-order valence-electron chi connectivity index (χ4n) is 3.22. The van der Waals surface area contributed by atoms with Crippen LogP contribution in [-0.2, 0) is 10.0 Å². The Hall–Kier alpha value is -2.99. The van der Waals surface area contributed by atoms with Crippen molar-refractivity contribution in [2.45, 2.75) is 30.0 Å². The average molecular weight is 470 g/mol. The SMILES string of the molecule is O=C(NCC(F)(F)F)c1ccc(S(=O)(=O)N2CCC(NC(=O)c3cccnc3)CC2)cc1. The Bertz CT molecular complexity index is 1050. The second kappa shape index (κ2) is 9.65. The maximum Gasteiger partial charge on any atom is 0.405 e. The van der Waals surface area contributed by atoms with Crippen molar-refractivity contribution in [3.05, 3.63) is 59.9 Å². The van der Waals surface area contributed by atoms with Gasteiger partial charge >= 0.3 is 6.18 Å². The summed E-state index contributed by atoms with van der Waals surface area (Å²) in [5, 5.41) is 4.59. The molecule has 0 aliphatic carbocycles. The number of benzene rings is 1. The Morgan fingerprint density at radius 1 is 1.03 bits per heavy atom. The number of rotatable bonds is 6. The third-order valence-electron chi connectivity index (χ3n) is 4.92.